The Morgan fingerprint density at radius 1 is 1.12 bits per heavy atom. The average molecular weight is 286 g/mol. The van der Waals surface area contributed by atoms with Crippen LogP contribution in [0.15, 0.2) is 30.3 Å². The molecular formula is C13H20BrNO. The Kier molecular flexibility index (Phi) is 7.47. The Hall–Kier alpha value is -0.380. The van der Waals surface area contributed by atoms with Crippen LogP contribution >= 0.6 is 15.9 Å². The molecule has 0 aromatic heterocycles. The molecule has 0 amide bonds. The van der Waals surface area contributed by atoms with Crippen LogP contribution in [0.2, 0.25) is 0 Å². The smallest absolute Gasteiger partial charge is 0.0589 e. The molecule has 0 saturated heterocycles. The molecule has 1 aromatic rings. The third-order valence-electron chi connectivity index (χ3n) is 2.57. The Balaban J connectivity index is 2.31. The highest BCUT2D eigenvalue weighted by molar-refractivity contribution is 9.09. The minimum absolute atomic E-state index is 0.807. The molecule has 0 radical (unpaired) electrons. The van der Waals surface area contributed by atoms with Gasteiger partial charge < -0.3 is 4.74 Å². The predicted molar refractivity (Wildman–Crippen MR) is 72.3 cm³/mol. The van der Waals surface area contributed by atoms with Gasteiger partial charge in [0.25, 0.3) is 0 Å². The second-order valence-corrected chi connectivity index (χ2v) is 4.55. The highest BCUT2D eigenvalue weighted by Crippen LogP contribution is 2.02. The molecule has 0 saturated carbocycles. The average Bonchev–Trinajstić information content (AvgIpc) is 2.34. The van der Waals surface area contributed by atoms with E-state index < -0.39 is 0 Å². The first kappa shape index (κ1) is 13.7. The van der Waals surface area contributed by atoms with Gasteiger partial charge in [-0.25, -0.2) is 0 Å². The third kappa shape index (κ3) is 5.64. The number of ether oxygens (including phenoxy) is 1. The summed E-state index contributed by atoms with van der Waals surface area (Å²) < 4.78 is 5.11. The van der Waals surface area contributed by atoms with Gasteiger partial charge in [0.1, 0.15) is 0 Å². The quantitative estimate of drug-likeness (QED) is 0.681. The van der Waals surface area contributed by atoms with Crippen molar-refractivity contribution in [2.45, 2.75) is 6.42 Å². The maximum Gasteiger partial charge on any atom is 0.0589 e. The molecule has 16 heavy (non-hydrogen) atoms. The Morgan fingerprint density at radius 2 is 1.88 bits per heavy atom. The lowest BCUT2D eigenvalue weighted by Crippen LogP contribution is -2.31. The lowest BCUT2D eigenvalue weighted by Gasteiger charge is -2.20. The number of benzene rings is 1. The normalized spacial score (nSPS) is 10.9. The molecule has 90 valence electrons. The topological polar surface area (TPSA) is 12.5 Å². The molecule has 1 rings (SSSR count). The van der Waals surface area contributed by atoms with Gasteiger partial charge in [-0.05, 0) is 12.0 Å². The molecule has 0 atom stereocenters. The number of alkyl halides is 1. The van der Waals surface area contributed by atoms with Crippen molar-refractivity contribution in [2.24, 2.45) is 0 Å². The summed E-state index contributed by atoms with van der Waals surface area (Å²) in [5, 5.41) is 1.02. The van der Waals surface area contributed by atoms with E-state index in [-0.39, 0.29) is 0 Å². The monoisotopic (exact) mass is 285 g/mol. The summed E-state index contributed by atoms with van der Waals surface area (Å²) in [6.45, 7) is 3.99. The summed E-state index contributed by atoms with van der Waals surface area (Å²) in [5.41, 5.74) is 1.40. The second kappa shape index (κ2) is 8.74. The van der Waals surface area contributed by atoms with Crippen LogP contribution in [0.3, 0.4) is 0 Å². The fourth-order valence-corrected chi connectivity index (χ4v) is 2.11. The lowest BCUT2D eigenvalue weighted by atomic mass is 10.1. The van der Waals surface area contributed by atoms with Crippen LogP contribution < -0.4 is 0 Å². The zero-order valence-electron chi connectivity index (χ0n) is 9.86. The Labute approximate surface area is 107 Å². The number of hydrogen-bond donors (Lipinski definition) is 0. The zero-order valence-corrected chi connectivity index (χ0v) is 11.4. The molecule has 0 fully saturated rings. The van der Waals surface area contributed by atoms with Crippen LogP contribution in [-0.2, 0) is 11.2 Å². The maximum atomic E-state index is 5.11. The van der Waals surface area contributed by atoms with E-state index in [1.165, 1.54) is 5.56 Å². The maximum absolute atomic E-state index is 5.11. The first-order chi connectivity index (χ1) is 7.86. The summed E-state index contributed by atoms with van der Waals surface area (Å²) in [4.78, 5) is 2.42. The van der Waals surface area contributed by atoms with E-state index in [2.05, 4.69) is 51.2 Å². The van der Waals surface area contributed by atoms with Gasteiger partial charge in [0, 0.05) is 32.1 Å². The van der Waals surface area contributed by atoms with Gasteiger partial charge in [0.15, 0.2) is 0 Å². The summed E-state index contributed by atoms with van der Waals surface area (Å²) in [6.07, 6.45) is 1.11. The zero-order chi connectivity index (χ0) is 11.6. The Bertz CT molecular complexity index is 266. The predicted octanol–water partition coefficient (Wildman–Crippen LogP) is 2.57. The summed E-state index contributed by atoms with van der Waals surface area (Å²) in [5.74, 6) is 0. The fourth-order valence-electron chi connectivity index (χ4n) is 1.61. The fraction of sp³-hybridized carbons (Fsp3) is 0.538. The number of halogens is 1. The van der Waals surface area contributed by atoms with Gasteiger partial charge in [-0.2, -0.15) is 0 Å². The van der Waals surface area contributed by atoms with Gasteiger partial charge in [0.2, 0.25) is 0 Å². The van der Waals surface area contributed by atoms with E-state index >= 15 is 0 Å². The molecule has 2 nitrogen and oxygen atoms in total. The number of hydrogen-bond acceptors (Lipinski definition) is 2. The highest BCUT2D eigenvalue weighted by atomic mass is 79.9. The van der Waals surface area contributed by atoms with Gasteiger partial charge >= 0.3 is 0 Å². The highest BCUT2D eigenvalue weighted by Gasteiger charge is 2.03. The Morgan fingerprint density at radius 3 is 2.50 bits per heavy atom. The van der Waals surface area contributed by atoms with Crippen LogP contribution in [0.25, 0.3) is 0 Å². The molecule has 0 bridgehead atoms. The third-order valence-corrected chi connectivity index (χ3v) is 2.93. The first-order valence-electron chi connectivity index (χ1n) is 5.68. The van der Waals surface area contributed by atoms with Crippen molar-refractivity contribution in [1.29, 1.82) is 0 Å². The number of nitrogens with zero attached hydrogens (tertiary/aromatic N) is 1. The van der Waals surface area contributed by atoms with E-state index in [9.17, 15) is 0 Å². The van der Waals surface area contributed by atoms with Crippen molar-refractivity contribution >= 4 is 15.9 Å². The van der Waals surface area contributed by atoms with Crippen LogP contribution in [0, 0.1) is 0 Å². The standard InChI is InChI=1S/C13H20BrNO/c1-16-12-11-15(10-8-14)9-7-13-5-3-2-4-6-13/h2-6H,7-12H2,1H3. The minimum Gasteiger partial charge on any atom is -0.383 e. The minimum atomic E-state index is 0.807. The van der Waals surface area contributed by atoms with E-state index in [1.54, 1.807) is 7.11 Å². The first-order valence-corrected chi connectivity index (χ1v) is 6.80. The molecule has 0 N–H and O–H groups in total. The van der Waals surface area contributed by atoms with Crippen LogP contribution in [0.4, 0.5) is 0 Å². The molecule has 3 heteroatoms. The van der Waals surface area contributed by atoms with Gasteiger partial charge in [-0.3, -0.25) is 4.90 Å². The van der Waals surface area contributed by atoms with Crippen molar-refractivity contribution in [3.8, 4) is 0 Å². The molecule has 0 heterocycles. The van der Waals surface area contributed by atoms with Crippen molar-refractivity contribution in [3.63, 3.8) is 0 Å². The van der Waals surface area contributed by atoms with Crippen molar-refractivity contribution in [1.82, 2.24) is 4.90 Å². The molecule has 0 aliphatic heterocycles. The van der Waals surface area contributed by atoms with E-state index in [0.29, 0.717) is 0 Å². The molecule has 0 aliphatic rings. The molecular weight excluding hydrogens is 266 g/mol. The van der Waals surface area contributed by atoms with Crippen LogP contribution in [0.1, 0.15) is 5.56 Å². The molecule has 1 aromatic carbocycles. The van der Waals surface area contributed by atoms with Gasteiger partial charge in [-0.1, -0.05) is 46.3 Å². The van der Waals surface area contributed by atoms with Crippen molar-refractivity contribution < 1.29 is 4.74 Å². The molecule has 0 unspecified atom stereocenters. The SMILES string of the molecule is COCCN(CCBr)CCc1ccccc1. The molecule has 0 spiro atoms. The summed E-state index contributed by atoms with van der Waals surface area (Å²) in [7, 11) is 1.75. The van der Waals surface area contributed by atoms with E-state index in [1.807, 2.05) is 0 Å². The van der Waals surface area contributed by atoms with E-state index in [0.717, 1.165) is 38.0 Å². The largest absolute Gasteiger partial charge is 0.383 e. The summed E-state index contributed by atoms with van der Waals surface area (Å²) in [6, 6.07) is 10.6. The summed E-state index contributed by atoms with van der Waals surface area (Å²) >= 11 is 3.49. The molecule has 0 aliphatic carbocycles. The van der Waals surface area contributed by atoms with E-state index in [4.69, 9.17) is 4.74 Å². The number of rotatable bonds is 8. The second-order valence-electron chi connectivity index (χ2n) is 3.76. The van der Waals surface area contributed by atoms with Crippen molar-refractivity contribution in [3.05, 3.63) is 35.9 Å². The van der Waals surface area contributed by atoms with Gasteiger partial charge in [-0.15, -0.1) is 0 Å². The van der Waals surface area contributed by atoms with Gasteiger partial charge in [0.05, 0.1) is 6.61 Å². The number of methoxy groups -OCH3 is 1. The van der Waals surface area contributed by atoms with Crippen molar-refractivity contribution in [2.75, 3.05) is 38.7 Å². The lowest BCUT2D eigenvalue weighted by molar-refractivity contribution is 0.152. The van der Waals surface area contributed by atoms with Crippen LogP contribution in [-0.4, -0.2) is 43.6 Å². The van der Waals surface area contributed by atoms with Crippen LogP contribution in [0.5, 0.6) is 0 Å².